The summed E-state index contributed by atoms with van der Waals surface area (Å²) in [6.07, 6.45) is 1.31. The predicted molar refractivity (Wildman–Crippen MR) is 69.0 cm³/mol. The summed E-state index contributed by atoms with van der Waals surface area (Å²) in [7, 11) is 0. The maximum Gasteiger partial charge on any atom is 0.333 e. The standard InChI is InChI=1S/C13H7F2N3S/c14-13(15)18-10(5-6-17-18)12-9(7-16)8-3-1-2-4-11(8)19-12/h1-6,13H. The highest BCUT2D eigenvalue weighted by molar-refractivity contribution is 7.22. The molecule has 3 aromatic rings. The van der Waals surface area contributed by atoms with Gasteiger partial charge in [0.05, 0.1) is 16.1 Å². The van der Waals surface area contributed by atoms with Gasteiger partial charge in [-0.25, -0.2) is 4.68 Å². The Labute approximate surface area is 111 Å². The molecule has 0 saturated carbocycles. The molecule has 0 aliphatic carbocycles. The molecule has 0 radical (unpaired) electrons. The van der Waals surface area contributed by atoms with Crippen LogP contribution in [0.1, 0.15) is 12.1 Å². The van der Waals surface area contributed by atoms with E-state index in [-0.39, 0.29) is 5.69 Å². The third-order valence-corrected chi connectivity index (χ3v) is 3.99. The zero-order chi connectivity index (χ0) is 13.4. The molecule has 6 heteroatoms. The van der Waals surface area contributed by atoms with Gasteiger partial charge in [-0.3, -0.25) is 0 Å². The van der Waals surface area contributed by atoms with E-state index in [0.717, 1.165) is 10.1 Å². The highest BCUT2D eigenvalue weighted by Crippen LogP contribution is 2.38. The normalized spacial score (nSPS) is 11.1. The summed E-state index contributed by atoms with van der Waals surface area (Å²) in [5.74, 6) is 0. The summed E-state index contributed by atoms with van der Waals surface area (Å²) < 4.78 is 27.2. The fraction of sp³-hybridized carbons (Fsp3) is 0.0769. The Balaban J connectivity index is 2.31. The molecule has 94 valence electrons. The van der Waals surface area contributed by atoms with Crippen LogP contribution in [0.3, 0.4) is 0 Å². The molecule has 0 spiro atoms. The molecular weight excluding hydrogens is 268 g/mol. The minimum Gasteiger partial charge on any atom is -0.203 e. The van der Waals surface area contributed by atoms with E-state index in [9.17, 15) is 14.0 Å². The summed E-state index contributed by atoms with van der Waals surface area (Å²) in [5, 5.41) is 13.7. The molecule has 0 atom stereocenters. The van der Waals surface area contributed by atoms with Gasteiger partial charge in [-0.1, -0.05) is 18.2 Å². The SMILES string of the molecule is N#Cc1c(-c2ccnn2C(F)F)sc2ccccc12. The van der Waals surface area contributed by atoms with Gasteiger partial charge in [-0.15, -0.1) is 11.3 Å². The number of fused-ring (bicyclic) bond motifs is 1. The second-order valence-corrected chi connectivity index (χ2v) is 4.91. The molecule has 0 fully saturated rings. The van der Waals surface area contributed by atoms with E-state index in [1.165, 1.54) is 23.6 Å². The topological polar surface area (TPSA) is 41.6 Å². The highest BCUT2D eigenvalue weighted by atomic mass is 32.1. The van der Waals surface area contributed by atoms with E-state index >= 15 is 0 Å². The van der Waals surface area contributed by atoms with Gasteiger partial charge in [0.25, 0.3) is 0 Å². The van der Waals surface area contributed by atoms with Crippen molar-refractivity contribution in [3.05, 3.63) is 42.1 Å². The second-order valence-electron chi connectivity index (χ2n) is 3.85. The number of alkyl halides is 2. The lowest BCUT2D eigenvalue weighted by Gasteiger charge is -2.04. The van der Waals surface area contributed by atoms with Gasteiger partial charge >= 0.3 is 6.55 Å². The van der Waals surface area contributed by atoms with Gasteiger partial charge in [0.2, 0.25) is 0 Å². The quantitative estimate of drug-likeness (QED) is 0.708. The molecule has 1 aromatic carbocycles. The van der Waals surface area contributed by atoms with Crippen molar-refractivity contribution in [1.82, 2.24) is 9.78 Å². The first kappa shape index (κ1) is 11.8. The second kappa shape index (κ2) is 4.44. The Morgan fingerprint density at radius 1 is 1.26 bits per heavy atom. The van der Waals surface area contributed by atoms with Crippen molar-refractivity contribution in [3.63, 3.8) is 0 Å². The van der Waals surface area contributed by atoms with E-state index in [0.29, 0.717) is 15.1 Å². The average molecular weight is 275 g/mol. The van der Waals surface area contributed by atoms with Crippen molar-refractivity contribution in [2.24, 2.45) is 0 Å². The number of hydrogen-bond donors (Lipinski definition) is 0. The van der Waals surface area contributed by atoms with E-state index in [2.05, 4.69) is 11.2 Å². The number of aromatic nitrogens is 2. The fourth-order valence-electron chi connectivity index (χ4n) is 1.99. The number of benzene rings is 1. The smallest absolute Gasteiger partial charge is 0.203 e. The van der Waals surface area contributed by atoms with Crippen molar-refractivity contribution in [2.45, 2.75) is 6.55 Å². The molecule has 2 heterocycles. The Morgan fingerprint density at radius 3 is 2.79 bits per heavy atom. The van der Waals surface area contributed by atoms with Crippen molar-refractivity contribution in [2.75, 3.05) is 0 Å². The van der Waals surface area contributed by atoms with E-state index < -0.39 is 6.55 Å². The minimum absolute atomic E-state index is 0.271. The first-order chi connectivity index (χ1) is 9.22. The zero-order valence-corrected chi connectivity index (χ0v) is 10.4. The number of nitrogens with zero attached hydrogens (tertiary/aromatic N) is 3. The number of hydrogen-bond acceptors (Lipinski definition) is 3. The van der Waals surface area contributed by atoms with Gasteiger partial charge in [0, 0.05) is 16.3 Å². The van der Waals surface area contributed by atoms with E-state index in [1.54, 1.807) is 0 Å². The molecule has 0 amide bonds. The van der Waals surface area contributed by atoms with Crippen LogP contribution in [0.15, 0.2) is 36.5 Å². The lowest BCUT2D eigenvalue weighted by atomic mass is 10.1. The number of halogens is 2. The third kappa shape index (κ3) is 1.79. The molecule has 0 bridgehead atoms. The predicted octanol–water partition coefficient (Wildman–Crippen LogP) is 4.03. The Morgan fingerprint density at radius 2 is 2.05 bits per heavy atom. The molecule has 0 aliphatic rings. The van der Waals surface area contributed by atoms with Crippen molar-refractivity contribution >= 4 is 21.4 Å². The van der Waals surface area contributed by atoms with Crippen LogP contribution in [0.25, 0.3) is 20.7 Å². The van der Waals surface area contributed by atoms with Crippen LogP contribution in [0, 0.1) is 11.3 Å². The number of thiophene rings is 1. The monoisotopic (exact) mass is 275 g/mol. The highest BCUT2D eigenvalue weighted by Gasteiger charge is 2.19. The molecule has 0 N–H and O–H groups in total. The van der Waals surface area contributed by atoms with Crippen LogP contribution in [0.5, 0.6) is 0 Å². The summed E-state index contributed by atoms with van der Waals surface area (Å²) >= 11 is 1.32. The number of nitriles is 1. The van der Waals surface area contributed by atoms with Crippen LogP contribution in [-0.2, 0) is 0 Å². The average Bonchev–Trinajstić information content (AvgIpc) is 3.02. The Hall–Kier alpha value is -2.26. The van der Waals surface area contributed by atoms with Crippen LogP contribution < -0.4 is 0 Å². The van der Waals surface area contributed by atoms with Crippen LogP contribution in [-0.4, -0.2) is 9.78 Å². The first-order valence-corrected chi connectivity index (χ1v) is 6.27. The lowest BCUT2D eigenvalue weighted by Crippen LogP contribution is -2.01. The number of rotatable bonds is 2. The molecule has 0 aliphatic heterocycles. The van der Waals surface area contributed by atoms with Crippen molar-refractivity contribution in [3.8, 4) is 16.6 Å². The van der Waals surface area contributed by atoms with E-state index in [4.69, 9.17) is 0 Å². The third-order valence-electron chi connectivity index (χ3n) is 2.80. The fourth-order valence-corrected chi connectivity index (χ4v) is 3.16. The largest absolute Gasteiger partial charge is 0.333 e. The maximum atomic E-state index is 12.9. The molecule has 0 saturated heterocycles. The lowest BCUT2D eigenvalue weighted by molar-refractivity contribution is 0.0586. The Bertz CT molecular complexity index is 783. The molecule has 19 heavy (non-hydrogen) atoms. The van der Waals surface area contributed by atoms with Gasteiger partial charge < -0.3 is 0 Å². The van der Waals surface area contributed by atoms with Crippen LogP contribution in [0.4, 0.5) is 8.78 Å². The van der Waals surface area contributed by atoms with Crippen LogP contribution in [0.2, 0.25) is 0 Å². The zero-order valence-electron chi connectivity index (χ0n) is 9.55. The van der Waals surface area contributed by atoms with Crippen LogP contribution >= 0.6 is 11.3 Å². The van der Waals surface area contributed by atoms with Gasteiger partial charge in [-0.05, 0) is 12.1 Å². The van der Waals surface area contributed by atoms with Crippen molar-refractivity contribution in [1.29, 1.82) is 5.26 Å². The van der Waals surface area contributed by atoms with E-state index in [1.807, 2.05) is 24.3 Å². The maximum absolute atomic E-state index is 12.9. The Kier molecular flexibility index (Phi) is 2.76. The minimum atomic E-state index is -2.72. The molecule has 0 unspecified atom stereocenters. The summed E-state index contributed by atoms with van der Waals surface area (Å²) in [6.45, 7) is -2.72. The van der Waals surface area contributed by atoms with Gasteiger partial charge in [0.15, 0.2) is 0 Å². The first-order valence-electron chi connectivity index (χ1n) is 5.46. The summed E-state index contributed by atoms with van der Waals surface area (Å²) in [5.41, 5.74) is 0.691. The molecule has 2 aromatic heterocycles. The molecular formula is C13H7F2N3S. The summed E-state index contributed by atoms with van der Waals surface area (Å²) in [4.78, 5) is 0.529. The molecule has 3 rings (SSSR count). The summed E-state index contributed by atoms with van der Waals surface area (Å²) in [6, 6.07) is 11.0. The van der Waals surface area contributed by atoms with Gasteiger partial charge in [-0.2, -0.15) is 19.1 Å². The van der Waals surface area contributed by atoms with Gasteiger partial charge in [0.1, 0.15) is 6.07 Å². The molecule has 3 nitrogen and oxygen atoms in total. The van der Waals surface area contributed by atoms with Crippen molar-refractivity contribution < 1.29 is 8.78 Å².